The Morgan fingerprint density at radius 3 is 2.43 bits per heavy atom. The summed E-state index contributed by atoms with van der Waals surface area (Å²) < 4.78 is 0. The number of carbonyl (C=O) groups excluding carboxylic acids is 1. The fraction of sp³-hybridized carbons (Fsp3) is 0.611. The second-order valence-electron chi connectivity index (χ2n) is 5.67. The summed E-state index contributed by atoms with van der Waals surface area (Å²) in [5, 5.41) is 3.10. The molecule has 0 heterocycles. The van der Waals surface area contributed by atoms with Gasteiger partial charge in [-0.15, -0.1) is 11.6 Å². The fourth-order valence-electron chi connectivity index (χ4n) is 2.53. The number of benzene rings is 1. The summed E-state index contributed by atoms with van der Waals surface area (Å²) in [7, 11) is 0. The molecule has 21 heavy (non-hydrogen) atoms. The minimum Gasteiger partial charge on any atom is -0.356 e. The van der Waals surface area contributed by atoms with Crippen molar-refractivity contribution in [2.75, 3.05) is 12.4 Å². The molecule has 0 aliphatic rings. The summed E-state index contributed by atoms with van der Waals surface area (Å²) in [5.74, 6) is 1.20. The van der Waals surface area contributed by atoms with Gasteiger partial charge in [0.15, 0.2) is 0 Å². The molecule has 1 amide bonds. The summed E-state index contributed by atoms with van der Waals surface area (Å²) in [4.78, 5) is 12.5. The number of amides is 1. The van der Waals surface area contributed by atoms with Crippen molar-refractivity contribution in [1.29, 1.82) is 0 Å². The van der Waals surface area contributed by atoms with Crippen molar-refractivity contribution in [3.63, 3.8) is 0 Å². The molecule has 1 rings (SSSR count). The second kappa shape index (κ2) is 10.7. The quantitative estimate of drug-likeness (QED) is 0.491. The lowest BCUT2D eigenvalue weighted by Gasteiger charge is -2.22. The summed E-state index contributed by atoms with van der Waals surface area (Å²) in [5.41, 5.74) is 1.12. The lowest BCUT2D eigenvalue weighted by molar-refractivity contribution is -0.123. The molecule has 3 heteroatoms. The Bertz CT molecular complexity index is 393. The molecule has 2 unspecified atom stereocenters. The predicted molar refractivity (Wildman–Crippen MR) is 90.8 cm³/mol. The molecule has 0 aliphatic carbocycles. The molecule has 118 valence electrons. The molecule has 0 bridgehead atoms. The van der Waals surface area contributed by atoms with Crippen molar-refractivity contribution in [3.8, 4) is 0 Å². The Hall–Kier alpha value is -1.02. The first-order chi connectivity index (χ1) is 10.2. The Balaban J connectivity index is 2.49. The SMILES string of the molecule is CCC(C)C(C(=O)NCCCCCCCl)c1ccccc1. The maximum atomic E-state index is 12.5. The number of unbranched alkanes of at least 4 members (excludes halogenated alkanes) is 3. The molecule has 0 saturated carbocycles. The highest BCUT2D eigenvalue weighted by molar-refractivity contribution is 6.17. The maximum Gasteiger partial charge on any atom is 0.227 e. The molecule has 0 fully saturated rings. The average molecular weight is 310 g/mol. The Morgan fingerprint density at radius 1 is 1.14 bits per heavy atom. The van der Waals surface area contributed by atoms with E-state index in [1.807, 2.05) is 18.2 Å². The zero-order chi connectivity index (χ0) is 15.5. The Labute approximate surface area is 134 Å². The second-order valence-corrected chi connectivity index (χ2v) is 6.05. The summed E-state index contributed by atoms with van der Waals surface area (Å²) in [6, 6.07) is 10.1. The van der Waals surface area contributed by atoms with Gasteiger partial charge in [0, 0.05) is 12.4 Å². The number of hydrogen-bond donors (Lipinski definition) is 1. The normalized spacial score (nSPS) is 13.7. The molecular formula is C18H28ClNO. The van der Waals surface area contributed by atoms with Crippen LogP contribution >= 0.6 is 11.6 Å². The van der Waals surface area contributed by atoms with Gasteiger partial charge in [-0.1, -0.05) is 63.4 Å². The summed E-state index contributed by atoms with van der Waals surface area (Å²) >= 11 is 5.66. The highest BCUT2D eigenvalue weighted by Gasteiger charge is 2.25. The largest absolute Gasteiger partial charge is 0.356 e. The van der Waals surface area contributed by atoms with Crippen molar-refractivity contribution >= 4 is 17.5 Å². The molecule has 1 N–H and O–H groups in total. The highest BCUT2D eigenvalue weighted by Crippen LogP contribution is 2.27. The van der Waals surface area contributed by atoms with E-state index < -0.39 is 0 Å². The van der Waals surface area contributed by atoms with E-state index in [0.29, 0.717) is 5.92 Å². The van der Waals surface area contributed by atoms with Crippen molar-refractivity contribution in [1.82, 2.24) is 5.32 Å². The first kappa shape index (κ1) is 18.0. The van der Waals surface area contributed by atoms with Crippen molar-refractivity contribution in [2.45, 2.75) is 51.9 Å². The van der Waals surface area contributed by atoms with E-state index in [-0.39, 0.29) is 11.8 Å². The zero-order valence-corrected chi connectivity index (χ0v) is 14.0. The number of alkyl halides is 1. The fourth-order valence-corrected chi connectivity index (χ4v) is 2.72. The summed E-state index contributed by atoms with van der Waals surface area (Å²) in [6.45, 7) is 5.05. The highest BCUT2D eigenvalue weighted by atomic mass is 35.5. The van der Waals surface area contributed by atoms with Gasteiger partial charge >= 0.3 is 0 Å². The zero-order valence-electron chi connectivity index (χ0n) is 13.3. The number of carbonyl (C=O) groups is 1. The van der Waals surface area contributed by atoms with Crippen LogP contribution in [-0.2, 0) is 4.79 Å². The minimum absolute atomic E-state index is 0.0426. The molecule has 2 nitrogen and oxygen atoms in total. The Morgan fingerprint density at radius 2 is 1.81 bits per heavy atom. The lowest BCUT2D eigenvalue weighted by Crippen LogP contribution is -2.33. The van der Waals surface area contributed by atoms with E-state index >= 15 is 0 Å². The van der Waals surface area contributed by atoms with Crippen LogP contribution < -0.4 is 5.32 Å². The summed E-state index contributed by atoms with van der Waals surface area (Å²) in [6.07, 6.45) is 5.38. The monoisotopic (exact) mass is 309 g/mol. The van der Waals surface area contributed by atoms with E-state index in [2.05, 4.69) is 31.3 Å². The molecule has 1 aromatic rings. The Kier molecular flexibility index (Phi) is 9.16. The molecule has 1 aromatic carbocycles. The third-order valence-electron chi connectivity index (χ3n) is 4.01. The van der Waals surface area contributed by atoms with Gasteiger partial charge in [0.25, 0.3) is 0 Å². The van der Waals surface area contributed by atoms with Crippen molar-refractivity contribution in [2.24, 2.45) is 5.92 Å². The standard InChI is InChI=1S/C18H28ClNO/c1-3-15(2)17(16-11-7-6-8-12-16)18(21)20-14-10-5-4-9-13-19/h6-8,11-12,15,17H,3-5,9-10,13-14H2,1-2H3,(H,20,21). The van der Waals surface area contributed by atoms with Crippen LogP contribution in [0.4, 0.5) is 0 Å². The van der Waals surface area contributed by atoms with E-state index in [1.165, 1.54) is 0 Å². The van der Waals surface area contributed by atoms with E-state index in [4.69, 9.17) is 11.6 Å². The van der Waals surface area contributed by atoms with Gasteiger partial charge in [0.1, 0.15) is 0 Å². The molecular weight excluding hydrogens is 282 g/mol. The van der Waals surface area contributed by atoms with Gasteiger partial charge in [0.2, 0.25) is 5.91 Å². The first-order valence-corrected chi connectivity index (χ1v) is 8.62. The number of hydrogen-bond acceptors (Lipinski definition) is 1. The van der Waals surface area contributed by atoms with Crippen LogP contribution in [0.3, 0.4) is 0 Å². The molecule has 0 radical (unpaired) electrons. The number of halogens is 1. The number of nitrogens with one attached hydrogen (secondary N) is 1. The van der Waals surface area contributed by atoms with Crippen LogP contribution in [-0.4, -0.2) is 18.3 Å². The first-order valence-electron chi connectivity index (χ1n) is 8.09. The van der Waals surface area contributed by atoms with Crippen LogP contribution in [0, 0.1) is 5.92 Å². The molecule has 0 spiro atoms. The van der Waals surface area contributed by atoms with Crippen LogP contribution in [0.1, 0.15) is 57.4 Å². The molecule has 2 atom stereocenters. The van der Waals surface area contributed by atoms with Crippen molar-refractivity contribution in [3.05, 3.63) is 35.9 Å². The third-order valence-corrected chi connectivity index (χ3v) is 4.28. The van der Waals surface area contributed by atoms with Gasteiger partial charge in [-0.3, -0.25) is 4.79 Å². The maximum absolute atomic E-state index is 12.5. The molecule has 0 saturated heterocycles. The van der Waals surface area contributed by atoms with Gasteiger partial charge in [-0.05, 0) is 24.3 Å². The molecule has 0 aromatic heterocycles. The van der Waals surface area contributed by atoms with E-state index in [9.17, 15) is 4.79 Å². The van der Waals surface area contributed by atoms with Gasteiger partial charge in [0.05, 0.1) is 5.92 Å². The van der Waals surface area contributed by atoms with Crippen LogP contribution in [0.15, 0.2) is 30.3 Å². The van der Waals surface area contributed by atoms with E-state index in [1.54, 1.807) is 0 Å². The number of rotatable bonds is 10. The lowest BCUT2D eigenvalue weighted by atomic mass is 9.85. The predicted octanol–water partition coefficient (Wildman–Crippen LogP) is 4.73. The smallest absolute Gasteiger partial charge is 0.227 e. The van der Waals surface area contributed by atoms with E-state index in [0.717, 1.165) is 50.1 Å². The van der Waals surface area contributed by atoms with Crippen LogP contribution in [0.5, 0.6) is 0 Å². The molecule has 0 aliphatic heterocycles. The average Bonchev–Trinajstić information content (AvgIpc) is 2.51. The van der Waals surface area contributed by atoms with Crippen molar-refractivity contribution < 1.29 is 4.79 Å². The van der Waals surface area contributed by atoms with Gasteiger partial charge in [-0.2, -0.15) is 0 Å². The third kappa shape index (κ3) is 6.52. The van der Waals surface area contributed by atoms with Gasteiger partial charge < -0.3 is 5.32 Å². The minimum atomic E-state index is -0.0426. The van der Waals surface area contributed by atoms with Crippen LogP contribution in [0.2, 0.25) is 0 Å². The van der Waals surface area contributed by atoms with Crippen LogP contribution in [0.25, 0.3) is 0 Å². The topological polar surface area (TPSA) is 29.1 Å². The van der Waals surface area contributed by atoms with Gasteiger partial charge in [-0.25, -0.2) is 0 Å².